The molecule has 0 aliphatic heterocycles. The summed E-state index contributed by atoms with van der Waals surface area (Å²) in [6.45, 7) is 0.965. The van der Waals surface area contributed by atoms with Gasteiger partial charge in [-0.2, -0.15) is 0 Å². The molecule has 0 fully saturated rings. The van der Waals surface area contributed by atoms with Crippen LogP contribution in [0.3, 0.4) is 0 Å². The maximum absolute atomic E-state index is 11.6. The molecule has 0 spiro atoms. The molecule has 16 heavy (non-hydrogen) atoms. The highest BCUT2D eigenvalue weighted by Gasteiger charge is 2.06. The zero-order chi connectivity index (χ0) is 11.8. The fourth-order valence-electron chi connectivity index (χ4n) is 1.32. The first-order valence-corrected chi connectivity index (χ1v) is 7.04. The lowest BCUT2D eigenvalue weighted by Crippen LogP contribution is -2.23. The van der Waals surface area contributed by atoms with Crippen LogP contribution in [-0.4, -0.2) is 24.2 Å². The van der Waals surface area contributed by atoms with E-state index in [1.807, 2.05) is 11.4 Å². The van der Waals surface area contributed by atoms with Gasteiger partial charge in [0.25, 0.3) is 5.91 Å². The van der Waals surface area contributed by atoms with E-state index in [4.69, 9.17) is 5.11 Å². The third kappa shape index (κ3) is 5.09. The van der Waals surface area contributed by atoms with Crippen molar-refractivity contribution < 1.29 is 9.90 Å². The average molecular weight is 306 g/mol. The van der Waals surface area contributed by atoms with Crippen LogP contribution in [0.5, 0.6) is 0 Å². The number of rotatable bonds is 7. The monoisotopic (exact) mass is 305 g/mol. The van der Waals surface area contributed by atoms with E-state index in [9.17, 15) is 4.79 Å². The van der Waals surface area contributed by atoms with E-state index in [1.165, 1.54) is 11.3 Å². The minimum Gasteiger partial charge on any atom is -0.396 e. The first kappa shape index (κ1) is 13.7. The minimum absolute atomic E-state index is 0.0101. The Morgan fingerprint density at radius 1 is 1.38 bits per heavy atom. The van der Waals surface area contributed by atoms with Gasteiger partial charge >= 0.3 is 0 Å². The molecule has 1 rings (SSSR count). The fraction of sp³-hybridized carbons (Fsp3) is 0.545. The fourth-order valence-corrected chi connectivity index (χ4v) is 2.46. The molecule has 0 aliphatic rings. The molecule has 5 heteroatoms. The van der Waals surface area contributed by atoms with Crippen LogP contribution in [0.1, 0.15) is 36.0 Å². The summed E-state index contributed by atoms with van der Waals surface area (Å²) >= 11 is 4.84. The first-order chi connectivity index (χ1) is 7.74. The van der Waals surface area contributed by atoms with Gasteiger partial charge in [0.2, 0.25) is 0 Å². The summed E-state index contributed by atoms with van der Waals surface area (Å²) < 4.78 is 0.973. The second-order valence-corrected chi connectivity index (χ2v) is 5.82. The number of hydrogen-bond acceptors (Lipinski definition) is 3. The van der Waals surface area contributed by atoms with Gasteiger partial charge in [-0.05, 0) is 34.8 Å². The van der Waals surface area contributed by atoms with Gasteiger partial charge < -0.3 is 10.4 Å². The zero-order valence-corrected chi connectivity index (χ0v) is 11.4. The molecule has 0 radical (unpaired) electrons. The zero-order valence-electron chi connectivity index (χ0n) is 9.04. The number of aliphatic hydroxyl groups is 1. The van der Waals surface area contributed by atoms with Crippen molar-refractivity contribution in [1.82, 2.24) is 5.32 Å². The number of amides is 1. The van der Waals surface area contributed by atoms with Gasteiger partial charge in [-0.1, -0.05) is 12.8 Å². The quantitative estimate of drug-likeness (QED) is 0.761. The number of nitrogens with one attached hydrogen (secondary N) is 1. The Morgan fingerprint density at radius 2 is 2.12 bits per heavy atom. The number of hydrogen-bond donors (Lipinski definition) is 2. The predicted molar refractivity (Wildman–Crippen MR) is 69.9 cm³/mol. The van der Waals surface area contributed by atoms with Crippen molar-refractivity contribution in [2.24, 2.45) is 0 Å². The normalized spacial score (nSPS) is 10.4. The molecular weight excluding hydrogens is 290 g/mol. The lowest BCUT2D eigenvalue weighted by molar-refractivity contribution is 0.0953. The summed E-state index contributed by atoms with van der Waals surface area (Å²) in [5, 5.41) is 13.3. The van der Waals surface area contributed by atoms with Crippen molar-refractivity contribution >= 4 is 33.2 Å². The second-order valence-electron chi connectivity index (χ2n) is 3.53. The van der Waals surface area contributed by atoms with E-state index >= 15 is 0 Å². The third-order valence-corrected chi connectivity index (χ3v) is 3.70. The van der Waals surface area contributed by atoms with Crippen LogP contribution in [0.15, 0.2) is 15.2 Å². The summed E-state index contributed by atoms with van der Waals surface area (Å²) in [5.41, 5.74) is 0.715. The highest BCUT2D eigenvalue weighted by atomic mass is 79.9. The molecule has 1 heterocycles. The maximum Gasteiger partial charge on any atom is 0.252 e. The first-order valence-electron chi connectivity index (χ1n) is 5.37. The van der Waals surface area contributed by atoms with E-state index in [1.54, 1.807) is 0 Å². The van der Waals surface area contributed by atoms with Gasteiger partial charge in [0.1, 0.15) is 0 Å². The van der Waals surface area contributed by atoms with Crippen LogP contribution >= 0.6 is 27.3 Å². The van der Waals surface area contributed by atoms with Crippen LogP contribution in [0.25, 0.3) is 0 Å². The van der Waals surface area contributed by atoms with Gasteiger partial charge in [0.05, 0.1) is 9.35 Å². The third-order valence-electron chi connectivity index (χ3n) is 2.20. The van der Waals surface area contributed by atoms with Gasteiger partial charge in [-0.3, -0.25) is 4.79 Å². The van der Waals surface area contributed by atoms with Crippen LogP contribution < -0.4 is 5.32 Å². The van der Waals surface area contributed by atoms with Crippen molar-refractivity contribution in [3.05, 3.63) is 20.8 Å². The largest absolute Gasteiger partial charge is 0.396 e. The van der Waals surface area contributed by atoms with E-state index in [0.29, 0.717) is 12.1 Å². The van der Waals surface area contributed by atoms with Crippen LogP contribution in [-0.2, 0) is 0 Å². The molecule has 0 unspecified atom stereocenters. The molecule has 0 aromatic carbocycles. The Labute approximate surface area is 108 Å². The molecule has 0 bridgehead atoms. The molecule has 0 saturated heterocycles. The summed E-state index contributed by atoms with van der Waals surface area (Å²) in [7, 11) is 0. The molecular formula is C11H16BrNO2S. The Balaban J connectivity index is 2.11. The summed E-state index contributed by atoms with van der Waals surface area (Å²) in [4.78, 5) is 11.6. The Bertz CT molecular complexity index is 328. The SMILES string of the molecule is O=C(NCCCCCCO)c1csc(Br)c1. The number of aliphatic hydroxyl groups excluding tert-OH is 1. The van der Waals surface area contributed by atoms with Gasteiger partial charge in [0.15, 0.2) is 0 Å². The van der Waals surface area contributed by atoms with E-state index in [-0.39, 0.29) is 12.5 Å². The van der Waals surface area contributed by atoms with E-state index < -0.39 is 0 Å². The number of carbonyl (C=O) groups excluding carboxylic acids is 1. The molecule has 90 valence electrons. The molecule has 1 aromatic heterocycles. The summed E-state index contributed by atoms with van der Waals surface area (Å²) in [6, 6.07) is 1.83. The predicted octanol–water partition coefficient (Wildman–Crippen LogP) is 2.79. The Kier molecular flexibility index (Phi) is 6.68. The van der Waals surface area contributed by atoms with Crippen LogP contribution in [0.4, 0.5) is 0 Å². The van der Waals surface area contributed by atoms with Gasteiger partial charge in [-0.15, -0.1) is 11.3 Å². The number of unbranched alkanes of at least 4 members (excludes halogenated alkanes) is 3. The highest BCUT2D eigenvalue weighted by molar-refractivity contribution is 9.11. The maximum atomic E-state index is 11.6. The summed E-state index contributed by atoms with van der Waals surface area (Å²) in [6.07, 6.45) is 3.90. The van der Waals surface area contributed by atoms with Crippen molar-refractivity contribution in [3.63, 3.8) is 0 Å². The smallest absolute Gasteiger partial charge is 0.252 e. The average Bonchev–Trinajstić information content (AvgIpc) is 2.70. The number of halogens is 1. The van der Waals surface area contributed by atoms with Crippen molar-refractivity contribution in [2.75, 3.05) is 13.2 Å². The molecule has 0 atom stereocenters. The van der Waals surface area contributed by atoms with Crippen molar-refractivity contribution in [2.45, 2.75) is 25.7 Å². The highest BCUT2D eigenvalue weighted by Crippen LogP contribution is 2.20. The lowest BCUT2D eigenvalue weighted by atomic mass is 10.2. The lowest BCUT2D eigenvalue weighted by Gasteiger charge is -2.03. The molecule has 1 amide bonds. The molecule has 2 N–H and O–H groups in total. The topological polar surface area (TPSA) is 49.3 Å². The minimum atomic E-state index is -0.0101. The number of carbonyl (C=O) groups is 1. The van der Waals surface area contributed by atoms with E-state index in [0.717, 1.165) is 29.5 Å². The summed E-state index contributed by atoms with van der Waals surface area (Å²) in [5.74, 6) is -0.0101. The van der Waals surface area contributed by atoms with Crippen LogP contribution in [0.2, 0.25) is 0 Å². The molecule has 0 aliphatic carbocycles. The van der Waals surface area contributed by atoms with Gasteiger partial charge in [0, 0.05) is 18.5 Å². The standard InChI is InChI=1S/C11H16BrNO2S/c12-10-7-9(8-16-10)11(15)13-5-3-1-2-4-6-14/h7-8,14H,1-6H2,(H,13,15). The molecule has 3 nitrogen and oxygen atoms in total. The molecule has 1 aromatic rings. The number of thiophene rings is 1. The van der Waals surface area contributed by atoms with Gasteiger partial charge in [-0.25, -0.2) is 0 Å². The van der Waals surface area contributed by atoms with E-state index in [2.05, 4.69) is 21.2 Å². The van der Waals surface area contributed by atoms with Crippen LogP contribution in [0, 0.1) is 0 Å². The molecule has 0 saturated carbocycles. The Morgan fingerprint density at radius 3 is 2.75 bits per heavy atom. The Hall–Kier alpha value is -0.390. The van der Waals surface area contributed by atoms with Crippen molar-refractivity contribution in [3.8, 4) is 0 Å². The second kappa shape index (κ2) is 7.81. The van der Waals surface area contributed by atoms with Crippen molar-refractivity contribution in [1.29, 1.82) is 0 Å².